The third kappa shape index (κ3) is 3.54. The zero-order valence-electron chi connectivity index (χ0n) is 10.7. The molecule has 0 amide bonds. The number of hydrogen-bond acceptors (Lipinski definition) is 0. The lowest BCUT2D eigenvalue weighted by molar-refractivity contribution is 1.36. The molecular formula is C16H20. The van der Waals surface area contributed by atoms with Crippen molar-refractivity contribution in [1.29, 1.82) is 0 Å². The molecule has 0 saturated carbocycles. The Morgan fingerprint density at radius 3 is 2.06 bits per heavy atom. The van der Waals surface area contributed by atoms with Crippen molar-refractivity contribution in [3.8, 4) is 0 Å². The smallest absolute Gasteiger partial charge is 0.0227 e. The first-order chi connectivity index (χ1) is 7.50. The summed E-state index contributed by atoms with van der Waals surface area (Å²) >= 11 is 0. The molecule has 0 saturated heterocycles. The average molecular weight is 212 g/mol. The molecule has 0 aliphatic rings. The normalized spacial score (nSPS) is 12.8. The first kappa shape index (κ1) is 12.5. The summed E-state index contributed by atoms with van der Waals surface area (Å²) in [5.41, 5.74) is 6.20. The number of allylic oxidation sites excluding steroid dienone is 5. The van der Waals surface area contributed by atoms with Gasteiger partial charge in [-0.05, 0) is 44.4 Å². The van der Waals surface area contributed by atoms with Crippen LogP contribution in [-0.2, 0) is 0 Å². The Hall–Kier alpha value is -1.56. The van der Waals surface area contributed by atoms with E-state index in [1.54, 1.807) is 0 Å². The average Bonchev–Trinajstić information content (AvgIpc) is 2.26. The maximum absolute atomic E-state index is 3.92. The van der Waals surface area contributed by atoms with E-state index in [4.69, 9.17) is 0 Å². The largest absolute Gasteiger partial charge is 0.0958 e. The van der Waals surface area contributed by atoms with Crippen molar-refractivity contribution >= 4 is 5.57 Å². The van der Waals surface area contributed by atoms with E-state index < -0.39 is 0 Å². The number of aryl methyl sites for hydroxylation is 1. The van der Waals surface area contributed by atoms with Crippen molar-refractivity contribution in [2.75, 3.05) is 0 Å². The highest BCUT2D eigenvalue weighted by atomic mass is 14.0. The van der Waals surface area contributed by atoms with E-state index in [9.17, 15) is 0 Å². The van der Waals surface area contributed by atoms with Crippen molar-refractivity contribution in [3.63, 3.8) is 0 Å². The van der Waals surface area contributed by atoms with E-state index in [2.05, 4.69) is 63.8 Å². The predicted octanol–water partition coefficient (Wildman–Crippen LogP) is 4.92. The molecule has 0 radical (unpaired) electrons. The third-order valence-electron chi connectivity index (χ3n) is 2.76. The van der Waals surface area contributed by atoms with E-state index >= 15 is 0 Å². The van der Waals surface area contributed by atoms with E-state index in [1.165, 1.54) is 22.3 Å². The molecular weight excluding hydrogens is 192 g/mol. The summed E-state index contributed by atoms with van der Waals surface area (Å²) in [7, 11) is 0. The zero-order chi connectivity index (χ0) is 12.1. The van der Waals surface area contributed by atoms with E-state index in [0.29, 0.717) is 0 Å². The molecule has 0 heteroatoms. The maximum Gasteiger partial charge on any atom is -0.0227 e. The number of hydrogen-bond donors (Lipinski definition) is 0. The van der Waals surface area contributed by atoms with Gasteiger partial charge in [0.05, 0.1) is 0 Å². The van der Waals surface area contributed by atoms with Gasteiger partial charge in [0, 0.05) is 0 Å². The maximum atomic E-state index is 3.92. The highest BCUT2D eigenvalue weighted by molar-refractivity contribution is 5.65. The fourth-order valence-electron chi connectivity index (χ4n) is 1.30. The Morgan fingerprint density at radius 2 is 1.56 bits per heavy atom. The van der Waals surface area contributed by atoms with Gasteiger partial charge in [-0.3, -0.25) is 0 Å². The van der Waals surface area contributed by atoms with Gasteiger partial charge in [0.15, 0.2) is 0 Å². The topological polar surface area (TPSA) is 0 Å². The van der Waals surface area contributed by atoms with Crippen LogP contribution in [0.25, 0.3) is 5.57 Å². The Labute approximate surface area is 99.0 Å². The van der Waals surface area contributed by atoms with Crippen LogP contribution in [0.15, 0.2) is 54.1 Å². The van der Waals surface area contributed by atoms with Crippen LogP contribution in [0.4, 0.5) is 0 Å². The monoisotopic (exact) mass is 212 g/mol. The first-order valence-corrected chi connectivity index (χ1v) is 5.59. The third-order valence-corrected chi connectivity index (χ3v) is 2.76. The molecule has 0 bridgehead atoms. The van der Waals surface area contributed by atoms with Crippen LogP contribution >= 0.6 is 0 Å². The minimum absolute atomic E-state index is 1.12. The van der Waals surface area contributed by atoms with Crippen molar-refractivity contribution in [3.05, 3.63) is 65.3 Å². The first-order valence-electron chi connectivity index (χ1n) is 5.59. The molecule has 0 aliphatic heterocycles. The van der Waals surface area contributed by atoms with E-state index in [0.717, 1.165) is 5.57 Å². The second-order valence-corrected chi connectivity index (χ2v) is 4.35. The predicted molar refractivity (Wildman–Crippen MR) is 73.4 cm³/mol. The second kappa shape index (κ2) is 5.50. The van der Waals surface area contributed by atoms with Gasteiger partial charge in [-0.2, -0.15) is 0 Å². The van der Waals surface area contributed by atoms with Crippen LogP contribution in [0.3, 0.4) is 0 Å². The minimum atomic E-state index is 1.12. The van der Waals surface area contributed by atoms with Crippen LogP contribution < -0.4 is 0 Å². The fraction of sp³-hybridized carbons (Fsp3) is 0.250. The van der Waals surface area contributed by atoms with Gasteiger partial charge < -0.3 is 0 Å². The minimum Gasteiger partial charge on any atom is -0.0958 e. The van der Waals surface area contributed by atoms with Gasteiger partial charge in [-0.1, -0.05) is 54.1 Å². The summed E-state index contributed by atoms with van der Waals surface area (Å²) in [6.07, 6.45) is 4.27. The molecule has 0 aliphatic carbocycles. The van der Waals surface area contributed by atoms with Gasteiger partial charge in [-0.15, -0.1) is 0 Å². The van der Waals surface area contributed by atoms with Crippen molar-refractivity contribution in [2.24, 2.45) is 0 Å². The molecule has 0 atom stereocenters. The standard InChI is InChI=1S/C16H20/c1-12(2)14(4)8-9-15(5)16-10-6-13(3)7-11-16/h6-11H,1H2,2-5H3/b14-8+,15-9+. The highest BCUT2D eigenvalue weighted by Crippen LogP contribution is 2.15. The molecule has 1 aromatic carbocycles. The number of rotatable bonds is 3. The van der Waals surface area contributed by atoms with Crippen LogP contribution in [0.5, 0.6) is 0 Å². The molecule has 1 aromatic rings. The molecule has 0 unspecified atom stereocenters. The SMILES string of the molecule is C=C(C)/C(C)=C/C=C(\C)c1ccc(C)cc1. The fourth-order valence-corrected chi connectivity index (χ4v) is 1.30. The molecule has 0 spiro atoms. The van der Waals surface area contributed by atoms with Gasteiger partial charge in [0.25, 0.3) is 0 Å². The molecule has 1 rings (SSSR count). The Balaban J connectivity index is 2.90. The number of benzene rings is 1. The summed E-state index contributed by atoms with van der Waals surface area (Å²) in [5.74, 6) is 0. The van der Waals surface area contributed by atoms with Crippen LogP contribution in [-0.4, -0.2) is 0 Å². The Kier molecular flexibility index (Phi) is 4.30. The quantitative estimate of drug-likeness (QED) is 0.624. The van der Waals surface area contributed by atoms with Crippen molar-refractivity contribution < 1.29 is 0 Å². The highest BCUT2D eigenvalue weighted by Gasteiger charge is 1.94. The van der Waals surface area contributed by atoms with Crippen LogP contribution in [0.1, 0.15) is 31.9 Å². The summed E-state index contributed by atoms with van der Waals surface area (Å²) < 4.78 is 0. The lowest BCUT2D eigenvalue weighted by atomic mass is 10.0. The zero-order valence-corrected chi connectivity index (χ0v) is 10.7. The van der Waals surface area contributed by atoms with Gasteiger partial charge >= 0.3 is 0 Å². The lowest BCUT2D eigenvalue weighted by Gasteiger charge is -2.02. The van der Waals surface area contributed by atoms with E-state index in [1.807, 2.05) is 6.92 Å². The molecule has 0 nitrogen and oxygen atoms in total. The van der Waals surface area contributed by atoms with Gasteiger partial charge in [0.2, 0.25) is 0 Å². The molecule has 0 heterocycles. The molecule has 84 valence electrons. The second-order valence-electron chi connectivity index (χ2n) is 4.35. The van der Waals surface area contributed by atoms with Crippen molar-refractivity contribution in [1.82, 2.24) is 0 Å². The summed E-state index contributed by atoms with van der Waals surface area (Å²) in [6, 6.07) is 8.60. The molecule has 0 N–H and O–H groups in total. The Morgan fingerprint density at radius 1 is 1.00 bits per heavy atom. The van der Waals surface area contributed by atoms with Crippen molar-refractivity contribution in [2.45, 2.75) is 27.7 Å². The summed E-state index contributed by atoms with van der Waals surface area (Å²) in [4.78, 5) is 0. The summed E-state index contributed by atoms with van der Waals surface area (Å²) in [6.45, 7) is 12.3. The van der Waals surface area contributed by atoms with Gasteiger partial charge in [-0.25, -0.2) is 0 Å². The molecule has 16 heavy (non-hydrogen) atoms. The molecule has 0 fully saturated rings. The van der Waals surface area contributed by atoms with Gasteiger partial charge in [0.1, 0.15) is 0 Å². The van der Waals surface area contributed by atoms with Crippen LogP contribution in [0, 0.1) is 6.92 Å². The lowest BCUT2D eigenvalue weighted by Crippen LogP contribution is -1.80. The summed E-state index contributed by atoms with van der Waals surface area (Å²) in [5, 5.41) is 0. The Bertz CT molecular complexity index is 428. The molecule has 0 aromatic heterocycles. The van der Waals surface area contributed by atoms with Crippen LogP contribution in [0.2, 0.25) is 0 Å². The van der Waals surface area contributed by atoms with E-state index in [-0.39, 0.29) is 0 Å².